The number of thiazole rings is 1. The second kappa shape index (κ2) is 10.0. The molecule has 0 aliphatic carbocycles. The number of halogens is 3. The van der Waals surface area contributed by atoms with Gasteiger partial charge in [-0.05, 0) is 36.8 Å². The molecule has 0 saturated heterocycles. The number of hydrogen-bond donors (Lipinski definition) is 1. The number of aryl methyl sites for hydroxylation is 1. The molecule has 5 aromatic heterocycles. The van der Waals surface area contributed by atoms with Crippen LogP contribution in [0.25, 0.3) is 27.3 Å². The fraction of sp³-hybridized carbons (Fsp3) is 0.120. The van der Waals surface area contributed by atoms with Gasteiger partial charge < -0.3 is 4.74 Å². The lowest BCUT2D eigenvalue weighted by Gasteiger charge is -2.14. The Labute approximate surface area is 216 Å². The standard InChI is InChI=1S/C25H17F3N6O3S/c1-12-7-18-22(31-9-12)32-25(38-18)33-23(35)16-10-30-19(8-15(16)13-3-5-29-11-17(13)37-2)34-6-4-14(21(27)28)20(26)24(34)36/h3-11,21H,1-2H3,(H,31,32,33,35). The normalized spacial score (nSPS) is 11.2. The van der Waals surface area contributed by atoms with E-state index in [0.717, 1.165) is 27.1 Å². The van der Waals surface area contributed by atoms with Gasteiger partial charge in [0.05, 0.1) is 29.1 Å². The number of pyridine rings is 4. The third-order valence-electron chi connectivity index (χ3n) is 5.58. The Morgan fingerprint density at radius 3 is 2.71 bits per heavy atom. The number of anilines is 1. The minimum atomic E-state index is -3.16. The van der Waals surface area contributed by atoms with Crippen LogP contribution in [0.2, 0.25) is 0 Å². The number of alkyl halides is 2. The zero-order chi connectivity index (χ0) is 27.0. The topological polar surface area (TPSA) is 112 Å². The fourth-order valence-corrected chi connectivity index (χ4v) is 4.67. The van der Waals surface area contributed by atoms with Gasteiger partial charge in [0, 0.05) is 35.9 Å². The van der Waals surface area contributed by atoms with Crippen molar-refractivity contribution in [1.82, 2.24) is 24.5 Å². The van der Waals surface area contributed by atoms with Gasteiger partial charge in [-0.25, -0.2) is 23.1 Å². The maximum absolute atomic E-state index is 14.4. The molecule has 0 radical (unpaired) electrons. The van der Waals surface area contributed by atoms with E-state index in [-0.39, 0.29) is 16.9 Å². The zero-order valence-corrected chi connectivity index (χ0v) is 20.6. The van der Waals surface area contributed by atoms with Gasteiger partial charge in [-0.15, -0.1) is 0 Å². The molecule has 9 nitrogen and oxygen atoms in total. The highest BCUT2D eigenvalue weighted by Gasteiger charge is 2.22. The zero-order valence-electron chi connectivity index (χ0n) is 19.8. The van der Waals surface area contributed by atoms with Crippen molar-refractivity contribution in [3.63, 3.8) is 0 Å². The fourth-order valence-electron chi connectivity index (χ4n) is 3.75. The van der Waals surface area contributed by atoms with Crippen LogP contribution in [0.4, 0.5) is 18.3 Å². The third kappa shape index (κ3) is 4.59. The number of rotatable bonds is 6. The Balaban J connectivity index is 1.62. The van der Waals surface area contributed by atoms with E-state index in [1.165, 1.54) is 43.1 Å². The highest BCUT2D eigenvalue weighted by atomic mass is 32.1. The lowest BCUT2D eigenvalue weighted by Crippen LogP contribution is -2.24. The van der Waals surface area contributed by atoms with Crippen LogP contribution in [0.15, 0.2) is 60.0 Å². The lowest BCUT2D eigenvalue weighted by atomic mass is 10.0. The molecule has 1 amide bonds. The first kappa shape index (κ1) is 25.0. The molecule has 5 heterocycles. The molecule has 0 saturated carbocycles. The van der Waals surface area contributed by atoms with Crippen LogP contribution in [0.1, 0.15) is 27.9 Å². The molecular weight excluding hydrogens is 521 g/mol. The van der Waals surface area contributed by atoms with Crippen LogP contribution in [0, 0.1) is 12.7 Å². The summed E-state index contributed by atoms with van der Waals surface area (Å²) in [6.07, 6.45) is 3.61. The van der Waals surface area contributed by atoms with Crippen molar-refractivity contribution in [2.45, 2.75) is 13.3 Å². The number of ether oxygens (including phenoxy) is 1. The Morgan fingerprint density at radius 2 is 1.95 bits per heavy atom. The minimum absolute atomic E-state index is 0.0827. The summed E-state index contributed by atoms with van der Waals surface area (Å²) in [7, 11) is 1.42. The molecule has 0 atom stereocenters. The molecule has 0 aliphatic heterocycles. The van der Waals surface area contributed by atoms with E-state index in [0.29, 0.717) is 22.1 Å². The van der Waals surface area contributed by atoms with E-state index in [9.17, 15) is 22.8 Å². The van der Waals surface area contributed by atoms with Gasteiger partial charge in [-0.2, -0.15) is 4.98 Å². The Kier molecular flexibility index (Phi) is 6.59. The average molecular weight is 539 g/mol. The molecule has 0 bridgehead atoms. The van der Waals surface area contributed by atoms with E-state index in [2.05, 4.69) is 25.3 Å². The molecule has 0 aromatic carbocycles. The smallest absolute Gasteiger partial charge is 0.292 e. The van der Waals surface area contributed by atoms with Crippen LogP contribution in [0.3, 0.4) is 0 Å². The predicted octanol–water partition coefficient (Wildman–Crippen LogP) is 4.95. The SMILES string of the molecule is COc1cnccc1-c1cc(-n2ccc(C(F)F)c(F)c2=O)ncc1C(=O)Nc1nc2ncc(C)cc2s1. The summed E-state index contributed by atoms with van der Waals surface area (Å²) in [5.74, 6) is -1.95. The summed E-state index contributed by atoms with van der Waals surface area (Å²) in [5.41, 5.74) is -0.119. The number of carbonyl (C=O) groups is 1. The van der Waals surface area contributed by atoms with E-state index in [1.807, 2.05) is 13.0 Å². The summed E-state index contributed by atoms with van der Waals surface area (Å²) in [6.45, 7) is 1.89. The van der Waals surface area contributed by atoms with E-state index < -0.39 is 29.3 Å². The van der Waals surface area contributed by atoms with Crippen molar-refractivity contribution < 1.29 is 22.7 Å². The molecule has 38 heavy (non-hydrogen) atoms. The van der Waals surface area contributed by atoms with Crippen LogP contribution >= 0.6 is 11.3 Å². The summed E-state index contributed by atoms with van der Waals surface area (Å²) < 4.78 is 47.4. The van der Waals surface area contributed by atoms with Crippen molar-refractivity contribution in [3.8, 4) is 22.7 Å². The maximum Gasteiger partial charge on any atom is 0.292 e. The lowest BCUT2D eigenvalue weighted by molar-refractivity contribution is 0.102. The van der Waals surface area contributed by atoms with Gasteiger partial charge in [0.25, 0.3) is 17.9 Å². The van der Waals surface area contributed by atoms with E-state index in [4.69, 9.17) is 4.74 Å². The molecule has 1 N–H and O–H groups in total. The summed E-state index contributed by atoms with van der Waals surface area (Å²) in [5, 5.41) is 3.04. The molecular formula is C25H17F3N6O3S. The molecule has 192 valence electrons. The first-order valence-corrected chi connectivity index (χ1v) is 11.8. The monoisotopic (exact) mass is 538 g/mol. The number of nitrogens with one attached hydrogen (secondary N) is 1. The Hall–Kier alpha value is -4.65. The number of hydrogen-bond acceptors (Lipinski definition) is 8. The molecule has 0 unspecified atom stereocenters. The predicted molar refractivity (Wildman–Crippen MR) is 135 cm³/mol. The third-order valence-corrected chi connectivity index (χ3v) is 6.49. The van der Waals surface area contributed by atoms with E-state index >= 15 is 0 Å². The van der Waals surface area contributed by atoms with Gasteiger partial charge in [0.1, 0.15) is 11.6 Å². The number of nitrogens with zero attached hydrogens (tertiary/aromatic N) is 5. The van der Waals surface area contributed by atoms with Crippen molar-refractivity contribution in [1.29, 1.82) is 0 Å². The van der Waals surface area contributed by atoms with Gasteiger partial charge in [-0.3, -0.25) is 24.5 Å². The molecule has 5 rings (SSSR count). The number of methoxy groups -OCH3 is 1. The van der Waals surface area contributed by atoms with Crippen molar-refractivity contribution in [2.75, 3.05) is 12.4 Å². The highest BCUT2D eigenvalue weighted by molar-refractivity contribution is 7.22. The number of carbonyl (C=O) groups excluding carboxylic acids is 1. The molecule has 0 aliphatic rings. The second-order valence-corrected chi connectivity index (χ2v) is 9.06. The van der Waals surface area contributed by atoms with Gasteiger partial charge in [0.2, 0.25) is 0 Å². The van der Waals surface area contributed by atoms with Crippen molar-refractivity contribution in [3.05, 3.63) is 88.1 Å². The van der Waals surface area contributed by atoms with Crippen LogP contribution in [0.5, 0.6) is 5.75 Å². The summed E-state index contributed by atoms with van der Waals surface area (Å²) >= 11 is 1.24. The first-order valence-electron chi connectivity index (χ1n) is 11.0. The highest BCUT2D eigenvalue weighted by Crippen LogP contribution is 2.33. The number of aromatic nitrogens is 5. The molecule has 13 heteroatoms. The largest absolute Gasteiger partial charge is 0.494 e. The Morgan fingerprint density at radius 1 is 1.13 bits per heavy atom. The van der Waals surface area contributed by atoms with Gasteiger partial charge in [-0.1, -0.05) is 11.3 Å². The number of amides is 1. The average Bonchev–Trinajstić information content (AvgIpc) is 3.30. The van der Waals surface area contributed by atoms with Crippen molar-refractivity contribution in [2.24, 2.45) is 0 Å². The molecule has 0 fully saturated rings. The van der Waals surface area contributed by atoms with Gasteiger partial charge in [0.15, 0.2) is 16.6 Å². The summed E-state index contributed by atoms with van der Waals surface area (Å²) in [4.78, 5) is 42.6. The first-order chi connectivity index (χ1) is 18.3. The Bertz CT molecular complexity index is 1750. The quantitative estimate of drug-likeness (QED) is 0.326. The van der Waals surface area contributed by atoms with Crippen LogP contribution in [-0.2, 0) is 0 Å². The molecule has 0 spiro atoms. The van der Waals surface area contributed by atoms with Gasteiger partial charge >= 0.3 is 0 Å². The van der Waals surface area contributed by atoms with Crippen LogP contribution in [-0.4, -0.2) is 37.5 Å². The molecule has 5 aromatic rings. The van der Waals surface area contributed by atoms with Crippen LogP contribution < -0.4 is 15.6 Å². The maximum atomic E-state index is 14.4. The number of fused-ring (bicyclic) bond motifs is 1. The minimum Gasteiger partial charge on any atom is -0.494 e. The second-order valence-electron chi connectivity index (χ2n) is 8.03. The van der Waals surface area contributed by atoms with E-state index in [1.54, 1.807) is 12.3 Å². The summed E-state index contributed by atoms with van der Waals surface area (Å²) in [6, 6.07) is 5.65. The van der Waals surface area contributed by atoms with Crippen molar-refractivity contribution >= 4 is 32.7 Å².